The third-order valence-electron chi connectivity index (χ3n) is 3.61. The maximum Gasteiger partial charge on any atom is 0.338 e. The molecule has 8 heteroatoms. The van der Waals surface area contributed by atoms with Gasteiger partial charge in [-0.25, -0.2) is 9.48 Å². The van der Waals surface area contributed by atoms with Gasteiger partial charge in [0.05, 0.1) is 18.4 Å². The molecule has 8 nitrogen and oxygen atoms in total. The van der Waals surface area contributed by atoms with E-state index in [4.69, 9.17) is 9.15 Å². The predicted molar refractivity (Wildman–Crippen MR) is 97.2 cm³/mol. The molecule has 0 aliphatic rings. The molecule has 0 aliphatic carbocycles. The second-order valence-electron chi connectivity index (χ2n) is 5.54. The first-order chi connectivity index (χ1) is 13.1. The van der Waals surface area contributed by atoms with Crippen LogP contribution in [0, 0.1) is 0 Å². The first-order valence-corrected chi connectivity index (χ1v) is 8.26. The van der Waals surface area contributed by atoms with Gasteiger partial charge in [0.25, 0.3) is 5.56 Å². The molecule has 0 fully saturated rings. The van der Waals surface area contributed by atoms with Crippen LogP contribution < -0.4 is 10.9 Å². The van der Waals surface area contributed by atoms with Crippen LogP contribution in [0.15, 0.2) is 64.0 Å². The van der Waals surface area contributed by atoms with Crippen LogP contribution in [0.25, 0.3) is 11.5 Å². The van der Waals surface area contributed by atoms with E-state index in [1.54, 1.807) is 43.3 Å². The lowest BCUT2D eigenvalue weighted by atomic mass is 10.2. The summed E-state index contributed by atoms with van der Waals surface area (Å²) in [5.74, 6) is -0.357. The summed E-state index contributed by atoms with van der Waals surface area (Å²) in [5, 5.41) is 6.80. The van der Waals surface area contributed by atoms with Gasteiger partial charge in [-0.15, -0.1) is 0 Å². The Morgan fingerprint density at radius 3 is 2.59 bits per heavy atom. The van der Waals surface area contributed by atoms with Crippen LogP contribution in [0.4, 0.5) is 5.69 Å². The highest BCUT2D eigenvalue weighted by molar-refractivity contribution is 5.92. The fourth-order valence-corrected chi connectivity index (χ4v) is 2.36. The number of nitrogens with one attached hydrogen (secondary N) is 1. The Morgan fingerprint density at radius 2 is 1.93 bits per heavy atom. The molecule has 0 bridgehead atoms. The zero-order chi connectivity index (χ0) is 19.2. The first kappa shape index (κ1) is 18.1. The van der Waals surface area contributed by atoms with Gasteiger partial charge in [-0.1, -0.05) is 0 Å². The van der Waals surface area contributed by atoms with E-state index in [-0.39, 0.29) is 13.2 Å². The highest BCUT2D eigenvalue weighted by Crippen LogP contribution is 2.15. The molecule has 0 spiro atoms. The molecule has 0 saturated heterocycles. The van der Waals surface area contributed by atoms with Gasteiger partial charge in [-0.2, -0.15) is 5.10 Å². The zero-order valence-electron chi connectivity index (χ0n) is 14.5. The van der Waals surface area contributed by atoms with Crippen LogP contribution in [-0.4, -0.2) is 28.3 Å². The summed E-state index contributed by atoms with van der Waals surface area (Å²) >= 11 is 0. The van der Waals surface area contributed by atoms with Crippen LogP contribution in [0.3, 0.4) is 0 Å². The number of hydrogen-bond donors (Lipinski definition) is 1. The Hall–Kier alpha value is -3.68. The Balaban J connectivity index is 1.68. The maximum atomic E-state index is 12.2. The van der Waals surface area contributed by atoms with Gasteiger partial charge in [-0.3, -0.25) is 9.59 Å². The molecule has 138 valence electrons. The molecule has 0 atom stereocenters. The summed E-state index contributed by atoms with van der Waals surface area (Å²) in [5.41, 5.74) is 0.923. The molecule has 2 heterocycles. The van der Waals surface area contributed by atoms with Crippen LogP contribution in [0.2, 0.25) is 0 Å². The van der Waals surface area contributed by atoms with E-state index in [1.165, 1.54) is 18.4 Å². The average molecular weight is 367 g/mol. The van der Waals surface area contributed by atoms with Gasteiger partial charge in [0.1, 0.15) is 12.2 Å². The lowest BCUT2D eigenvalue weighted by Gasteiger charge is -2.08. The van der Waals surface area contributed by atoms with Gasteiger partial charge in [0.15, 0.2) is 5.76 Å². The Labute approximate surface area is 154 Å². The van der Waals surface area contributed by atoms with Crippen LogP contribution >= 0.6 is 0 Å². The molecule has 0 aliphatic heterocycles. The number of anilines is 1. The Bertz CT molecular complexity index is 991. The van der Waals surface area contributed by atoms with Crippen molar-refractivity contribution in [1.29, 1.82) is 0 Å². The number of esters is 1. The van der Waals surface area contributed by atoms with Crippen LogP contribution in [0.5, 0.6) is 0 Å². The minimum absolute atomic E-state index is 0.257. The van der Waals surface area contributed by atoms with E-state index in [2.05, 4.69) is 10.4 Å². The van der Waals surface area contributed by atoms with Gasteiger partial charge in [0.2, 0.25) is 5.91 Å². The average Bonchev–Trinajstić information content (AvgIpc) is 3.19. The molecular weight excluding hydrogens is 350 g/mol. The molecule has 1 amide bonds. The minimum Gasteiger partial charge on any atom is -0.463 e. The monoisotopic (exact) mass is 367 g/mol. The molecule has 0 radical (unpaired) electrons. The standard InChI is InChI=1S/C19H17N3O5/c1-2-26-19(25)13-5-7-14(8-6-13)20-17(23)12-22-18(24)10-9-15(21-22)16-4-3-11-27-16/h3-11H,2,12H2,1H3,(H,20,23). The summed E-state index contributed by atoms with van der Waals surface area (Å²) in [6.45, 7) is 1.76. The molecule has 0 unspecified atom stereocenters. The predicted octanol–water partition coefficient (Wildman–Crippen LogP) is 2.32. The molecule has 27 heavy (non-hydrogen) atoms. The lowest BCUT2D eigenvalue weighted by Crippen LogP contribution is -2.29. The van der Waals surface area contributed by atoms with E-state index in [9.17, 15) is 14.4 Å². The molecule has 3 rings (SSSR count). The van der Waals surface area contributed by atoms with Crippen molar-refractivity contribution in [2.75, 3.05) is 11.9 Å². The van der Waals surface area contributed by atoms with Crippen LogP contribution in [-0.2, 0) is 16.1 Å². The third kappa shape index (κ3) is 4.49. The zero-order valence-corrected chi connectivity index (χ0v) is 14.5. The van der Waals surface area contributed by atoms with Gasteiger partial charge >= 0.3 is 5.97 Å². The van der Waals surface area contributed by atoms with E-state index in [0.717, 1.165) is 4.68 Å². The number of carbonyl (C=O) groups is 2. The number of amides is 1. The van der Waals surface area contributed by atoms with Crippen molar-refractivity contribution in [3.63, 3.8) is 0 Å². The molecule has 1 aromatic carbocycles. The van der Waals surface area contributed by atoms with Crippen LogP contribution in [0.1, 0.15) is 17.3 Å². The number of aromatic nitrogens is 2. The quantitative estimate of drug-likeness (QED) is 0.671. The number of ether oxygens (including phenoxy) is 1. The fraction of sp³-hybridized carbons (Fsp3) is 0.158. The van der Waals surface area contributed by atoms with Crippen molar-refractivity contribution in [1.82, 2.24) is 9.78 Å². The lowest BCUT2D eigenvalue weighted by molar-refractivity contribution is -0.117. The normalized spacial score (nSPS) is 10.4. The second kappa shape index (κ2) is 8.13. The van der Waals surface area contributed by atoms with Crippen molar-refractivity contribution < 1.29 is 18.7 Å². The first-order valence-electron chi connectivity index (χ1n) is 8.26. The molecule has 2 aromatic heterocycles. The third-order valence-corrected chi connectivity index (χ3v) is 3.61. The summed E-state index contributed by atoms with van der Waals surface area (Å²) in [4.78, 5) is 35.8. The van der Waals surface area contributed by atoms with Crippen molar-refractivity contribution in [3.8, 4) is 11.5 Å². The molecule has 1 N–H and O–H groups in total. The number of furan rings is 1. The molecule has 0 saturated carbocycles. The Kier molecular flexibility index (Phi) is 5.46. The second-order valence-corrected chi connectivity index (χ2v) is 5.54. The number of nitrogens with zero attached hydrogens (tertiary/aromatic N) is 2. The number of rotatable bonds is 6. The van der Waals surface area contributed by atoms with Crippen molar-refractivity contribution >= 4 is 17.6 Å². The van der Waals surface area contributed by atoms with E-state index in [0.29, 0.717) is 22.7 Å². The highest BCUT2D eigenvalue weighted by atomic mass is 16.5. The topological polar surface area (TPSA) is 103 Å². The summed E-state index contributed by atoms with van der Waals surface area (Å²) in [6, 6.07) is 12.5. The number of hydrogen-bond acceptors (Lipinski definition) is 6. The van der Waals surface area contributed by atoms with Gasteiger partial charge in [-0.05, 0) is 49.4 Å². The summed E-state index contributed by atoms with van der Waals surface area (Å²) < 4.78 is 11.2. The van der Waals surface area contributed by atoms with E-state index < -0.39 is 17.4 Å². The van der Waals surface area contributed by atoms with Crippen molar-refractivity contribution in [2.45, 2.75) is 13.5 Å². The number of benzene rings is 1. The van der Waals surface area contributed by atoms with Crippen molar-refractivity contribution in [2.24, 2.45) is 0 Å². The summed E-state index contributed by atoms with van der Waals surface area (Å²) in [6.07, 6.45) is 1.50. The van der Waals surface area contributed by atoms with Crippen molar-refractivity contribution in [3.05, 3.63) is 70.7 Å². The number of carbonyl (C=O) groups excluding carboxylic acids is 2. The van der Waals surface area contributed by atoms with Gasteiger partial charge < -0.3 is 14.5 Å². The van der Waals surface area contributed by atoms with E-state index in [1.807, 2.05) is 0 Å². The highest BCUT2D eigenvalue weighted by Gasteiger charge is 2.11. The SMILES string of the molecule is CCOC(=O)c1ccc(NC(=O)Cn2nc(-c3ccco3)ccc2=O)cc1. The largest absolute Gasteiger partial charge is 0.463 e. The van der Waals surface area contributed by atoms with E-state index >= 15 is 0 Å². The maximum absolute atomic E-state index is 12.2. The fourth-order valence-electron chi connectivity index (χ4n) is 2.36. The smallest absolute Gasteiger partial charge is 0.338 e. The Morgan fingerprint density at radius 1 is 1.15 bits per heavy atom. The molecule has 3 aromatic rings. The van der Waals surface area contributed by atoms with Gasteiger partial charge in [0, 0.05) is 11.8 Å². The molecular formula is C19H17N3O5. The summed E-state index contributed by atoms with van der Waals surface area (Å²) in [7, 11) is 0. The minimum atomic E-state index is -0.430.